The van der Waals surface area contributed by atoms with Gasteiger partial charge in [0.2, 0.25) is 0 Å². The van der Waals surface area contributed by atoms with Crippen LogP contribution in [-0.2, 0) is 0 Å². The lowest BCUT2D eigenvalue weighted by Crippen LogP contribution is -2.49. The van der Waals surface area contributed by atoms with E-state index in [1.54, 1.807) is 16.6 Å². The molecule has 8 heteroatoms. The second-order valence-corrected chi connectivity index (χ2v) is 6.09. The van der Waals surface area contributed by atoms with Crippen molar-refractivity contribution in [3.63, 3.8) is 0 Å². The Kier molecular flexibility index (Phi) is 3.72. The van der Waals surface area contributed by atoms with Gasteiger partial charge in [-0.25, -0.2) is 4.98 Å². The normalized spacial score (nSPS) is 14.9. The Morgan fingerprint density at radius 2 is 1.92 bits per heavy atom. The number of carbonyl (C=O) groups is 1. The van der Waals surface area contributed by atoms with Crippen LogP contribution in [0.25, 0.3) is 5.78 Å². The molecular weight excluding hydrogens is 318 g/mol. The highest BCUT2D eigenvalue weighted by atomic mass is 16.2. The van der Waals surface area contributed by atoms with Crippen molar-refractivity contribution in [3.05, 3.63) is 47.9 Å². The number of hydrogen-bond acceptors (Lipinski definition) is 6. The van der Waals surface area contributed by atoms with Gasteiger partial charge in [-0.1, -0.05) is 12.1 Å². The van der Waals surface area contributed by atoms with Crippen LogP contribution < -0.4 is 10.6 Å². The molecule has 4 rings (SSSR count). The number of rotatable bonds is 2. The summed E-state index contributed by atoms with van der Waals surface area (Å²) >= 11 is 0. The molecule has 1 fully saturated rings. The number of amides is 1. The highest BCUT2D eigenvalue weighted by Crippen LogP contribution is 2.20. The molecule has 0 aliphatic carbocycles. The van der Waals surface area contributed by atoms with Gasteiger partial charge in [0, 0.05) is 43.6 Å². The lowest BCUT2D eigenvalue weighted by atomic mass is 10.1. The second kappa shape index (κ2) is 6.04. The molecule has 0 radical (unpaired) electrons. The minimum atomic E-state index is -0.0189. The Balaban J connectivity index is 1.52. The van der Waals surface area contributed by atoms with E-state index in [1.807, 2.05) is 30.0 Å². The molecule has 1 aliphatic rings. The molecule has 1 saturated heterocycles. The van der Waals surface area contributed by atoms with Gasteiger partial charge in [-0.15, -0.1) is 0 Å². The van der Waals surface area contributed by atoms with Crippen LogP contribution in [0.4, 0.5) is 11.5 Å². The van der Waals surface area contributed by atoms with Crippen LogP contribution in [-0.4, -0.2) is 56.6 Å². The smallest absolute Gasteiger partial charge is 0.256 e. The van der Waals surface area contributed by atoms with Crippen molar-refractivity contribution >= 4 is 23.2 Å². The number of carbonyl (C=O) groups excluding carboxylic acids is 1. The Morgan fingerprint density at radius 3 is 2.68 bits per heavy atom. The number of aromatic nitrogens is 4. The first-order valence-corrected chi connectivity index (χ1v) is 8.19. The monoisotopic (exact) mass is 337 g/mol. The fraction of sp³-hybridized carbons (Fsp3) is 0.294. The SMILES string of the molecule is Cc1cc(N2CCN(C(=O)c3ccccc3N)CC2)n2ncnc2n1. The van der Waals surface area contributed by atoms with Crippen molar-refractivity contribution < 1.29 is 4.79 Å². The number of fused-ring (bicyclic) bond motifs is 1. The third kappa shape index (κ3) is 2.75. The lowest BCUT2D eigenvalue weighted by Gasteiger charge is -2.36. The number of benzene rings is 1. The number of anilines is 2. The maximum atomic E-state index is 12.7. The maximum absolute atomic E-state index is 12.7. The molecule has 0 spiro atoms. The van der Waals surface area contributed by atoms with E-state index in [0.29, 0.717) is 30.1 Å². The quantitative estimate of drug-likeness (QED) is 0.701. The van der Waals surface area contributed by atoms with E-state index in [9.17, 15) is 4.79 Å². The molecule has 0 saturated carbocycles. The average Bonchev–Trinajstić information content (AvgIpc) is 3.09. The van der Waals surface area contributed by atoms with Gasteiger partial charge in [0.25, 0.3) is 11.7 Å². The van der Waals surface area contributed by atoms with Crippen molar-refractivity contribution in [3.8, 4) is 0 Å². The Morgan fingerprint density at radius 1 is 1.16 bits per heavy atom. The predicted octanol–water partition coefficient (Wildman–Crippen LogP) is 0.977. The number of para-hydroxylation sites is 1. The van der Waals surface area contributed by atoms with E-state index in [-0.39, 0.29) is 5.91 Å². The third-order valence-electron chi connectivity index (χ3n) is 4.44. The van der Waals surface area contributed by atoms with E-state index in [4.69, 9.17) is 5.73 Å². The third-order valence-corrected chi connectivity index (χ3v) is 4.44. The van der Waals surface area contributed by atoms with Gasteiger partial charge in [-0.3, -0.25) is 4.79 Å². The summed E-state index contributed by atoms with van der Waals surface area (Å²) in [5.41, 5.74) is 7.91. The molecule has 8 nitrogen and oxygen atoms in total. The first-order chi connectivity index (χ1) is 12.1. The molecule has 25 heavy (non-hydrogen) atoms. The van der Waals surface area contributed by atoms with Gasteiger partial charge in [-0.2, -0.15) is 14.6 Å². The summed E-state index contributed by atoms with van der Waals surface area (Å²) in [6, 6.07) is 9.19. The Labute approximate surface area is 144 Å². The molecule has 3 aromatic rings. The van der Waals surface area contributed by atoms with E-state index in [1.165, 1.54) is 6.33 Å². The summed E-state index contributed by atoms with van der Waals surface area (Å²) in [5.74, 6) is 1.52. The van der Waals surface area contributed by atoms with Gasteiger partial charge in [-0.05, 0) is 19.1 Å². The fourth-order valence-corrected chi connectivity index (χ4v) is 3.14. The number of nitrogen functional groups attached to an aromatic ring is 1. The summed E-state index contributed by atoms with van der Waals surface area (Å²) < 4.78 is 1.74. The zero-order chi connectivity index (χ0) is 17.4. The number of piperazine rings is 1. The van der Waals surface area contributed by atoms with Crippen LogP contribution in [0.1, 0.15) is 16.1 Å². The van der Waals surface area contributed by atoms with Gasteiger partial charge in [0.05, 0.1) is 5.56 Å². The first-order valence-electron chi connectivity index (χ1n) is 8.19. The van der Waals surface area contributed by atoms with Crippen LogP contribution in [0.3, 0.4) is 0 Å². The van der Waals surface area contributed by atoms with Crippen molar-refractivity contribution in [1.29, 1.82) is 0 Å². The molecule has 1 aromatic carbocycles. The van der Waals surface area contributed by atoms with Crippen LogP contribution in [0.2, 0.25) is 0 Å². The van der Waals surface area contributed by atoms with E-state index in [0.717, 1.165) is 24.6 Å². The number of aryl methyl sites for hydroxylation is 1. The Hall–Kier alpha value is -3.16. The molecule has 128 valence electrons. The maximum Gasteiger partial charge on any atom is 0.256 e. The topological polar surface area (TPSA) is 92.7 Å². The molecule has 0 bridgehead atoms. The number of nitrogens with two attached hydrogens (primary N) is 1. The van der Waals surface area contributed by atoms with Crippen LogP contribution in [0.5, 0.6) is 0 Å². The minimum Gasteiger partial charge on any atom is -0.398 e. The summed E-state index contributed by atoms with van der Waals surface area (Å²) in [7, 11) is 0. The van der Waals surface area contributed by atoms with Crippen LogP contribution in [0.15, 0.2) is 36.7 Å². The fourth-order valence-electron chi connectivity index (χ4n) is 3.14. The molecule has 2 aromatic heterocycles. The van der Waals surface area contributed by atoms with E-state index < -0.39 is 0 Å². The summed E-state index contributed by atoms with van der Waals surface area (Å²) in [5, 5.41) is 4.25. The van der Waals surface area contributed by atoms with Crippen LogP contribution in [0, 0.1) is 6.92 Å². The van der Waals surface area contributed by atoms with Gasteiger partial charge >= 0.3 is 0 Å². The molecule has 0 atom stereocenters. The standard InChI is InChI=1S/C17H19N7O/c1-12-10-15(24-17(21-12)19-11-20-24)22-6-8-23(9-7-22)16(25)13-4-2-3-5-14(13)18/h2-5,10-11H,6-9,18H2,1H3. The summed E-state index contributed by atoms with van der Waals surface area (Å²) in [6.07, 6.45) is 1.50. The summed E-state index contributed by atoms with van der Waals surface area (Å²) in [6.45, 7) is 4.64. The summed E-state index contributed by atoms with van der Waals surface area (Å²) in [4.78, 5) is 25.3. The average molecular weight is 337 g/mol. The highest BCUT2D eigenvalue weighted by molar-refractivity contribution is 5.99. The highest BCUT2D eigenvalue weighted by Gasteiger charge is 2.25. The largest absolute Gasteiger partial charge is 0.398 e. The predicted molar refractivity (Wildman–Crippen MR) is 94.5 cm³/mol. The van der Waals surface area contributed by atoms with E-state index >= 15 is 0 Å². The zero-order valence-corrected chi connectivity index (χ0v) is 14.0. The lowest BCUT2D eigenvalue weighted by molar-refractivity contribution is 0.0747. The van der Waals surface area contributed by atoms with Crippen molar-refractivity contribution in [2.75, 3.05) is 36.8 Å². The number of hydrogen-bond donors (Lipinski definition) is 1. The minimum absolute atomic E-state index is 0.0189. The van der Waals surface area contributed by atoms with Crippen LogP contribution >= 0.6 is 0 Å². The molecule has 1 aliphatic heterocycles. The van der Waals surface area contributed by atoms with Gasteiger partial charge in [0.15, 0.2) is 0 Å². The molecule has 1 amide bonds. The molecule has 3 heterocycles. The molecule has 0 unspecified atom stereocenters. The first kappa shape index (κ1) is 15.4. The number of nitrogens with zero attached hydrogens (tertiary/aromatic N) is 6. The Bertz CT molecular complexity index is 928. The van der Waals surface area contributed by atoms with Crippen molar-refractivity contribution in [2.45, 2.75) is 6.92 Å². The molecule has 2 N–H and O–H groups in total. The van der Waals surface area contributed by atoms with Crippen molar-refractivity contribution in [2.24, 2.45) is 0 Å². The molecular formula is C17H19N7O. The van der Waals surface area contributed by atoms with Crippen molar-refractivity contribution in [1.82, 2.24) is 24.5 Å². The van der Waals surface area contributed by atoms with Gasteiger partial charge < -0.3 is 15.5 Å². The van der Waals surface area contributed by atoms with Gasteiger partial charge in [0.1, 0.15) is 12.1 Å². The zero-order valence-electron chi connectivity index (χ0n) is 14.0. The van der Waals surface area contributed by atoms with E-state index in [2.05, 4.69) is 20.0 Å². The second-order valence-electron chi connectivity index (χ2n) is 6.09.